The number of benzene rings is 1. The van der Waals surface area contributed by atoms with Crippen molar-refractivity contribution in [3.63, 3.8) is 0 Å². The molecule has 7 N–H and O–H groups in total. The molecule has 5 rings (SSSR count). The molecule has 0 bridgehead atoms. The van der Waals surface area contributed by atoms with Crippen LogP contribution >= 0.6 is 0 Å². The number of aliphatic hydroxyl groups is 1. The van der Waals surface area contributed by atoms with Crippen LogP contribution in [0.3, 0.4) is 0 Å². The van der Waals surface area contributed by atoms with Crippen LogP contribution in [0.15, 0.2) is 54.9 Å². The highest BCUT2D eigenvalue weighted by molar-refractivity contribution is 5.98. The summed E-state index contributed by atoms with van der Waals surface area (Å²) < 4.78 is 0. The fraction of sp³-hybridized carbons (Fsp3) is 0.538. The van der Waals surface area contributed by atoms with E-state index in [9.17, 15) is 38.7 Å². The molecule has 1 saturated carbocycles. The van der Waals surface area contributed by atoms with Crippen molar-refractivity contribution >= 4 is 41.4 Å². The van der Waals surface area contributed by atoms with Gasteiger partial charge in [-0.2, -0.15) is 0 Å². The van der Waals surface area contributed by atoms with E-state index in [4.69, 9.17) is 0 Å². The number of nitrogens with one attached hydrogen (secondary N) is 6. The molecule has 9 atom stereocenters. The highest BCUT2D eigenvalue weighted by atomic mass is 16.3. The standard InChI is InChI=1S/C39H52N8O8/c1-21(2)16-29-36(52)46-32(23(4)48)38(54)45-30(17-24-10-6-5-7-11-24)39(55)47-20-26(42-34(50)25-12-9-15-40-19-25)18-31(47)37(53)41-22(3)33(49)43-28-14-8-13-27(28)35(51)44-29/h5-7,9-12,15,19,21-23,26-32,48H,8,13-14,16-18,20H2,1-4H3,(H,41,53)(H,42,50)(H,43,49)(H,44,51)(H,45,54)(H,46,52)/t22-,23+,26+,27+,28+,29-,30-,31?,32-/m0/s1. The van der Waals surface area contributed by atoms with Gasteiger partial charge in [0.05, 0.1) is 17.6 Å². The van der Waals surface area contributed by atoms with Crippen LogP contribution in [0.4, 0.5) is 0 Å². The lowest BCUT2D eigenvalue weighted by atomic mass is 9.98. The second-order valence-electron chi connectivity index (χ2n) is 15.2. The minimum Gasteiger partial charge on any atom is -0.391 e. The van der Waals surface area contributed by atoms with Crippen molar-refractivity contribution in [2.24, 2.45) is 11.8 Å². The number of pyridine rings is 1. The van der Waals surface area contributed by atoms with Crippen molar-refractivity contribution < 1.29 is 38.7 Å². The number of fused-ring (bicyclic) bond motifs is 2. The Morgan fingerprint density at radius 3 is 2.25 bits per heavy atom. The zero-order valence-electron chi connectivity index (χ0n) is 31.6. The summed E-state index contributed by atoms with van der Waals surface area (Å²) in [6.07, 6.45) is 3.32. The fourth-order valence-electron chi connectivity index (χ4n) is 7.48. The quantitative estimate of drug-likeness (QED) is 0.197. The number of hydrogen-bond donors (Lipinski definition) is 7. The lowest BCUT2D eigenvalue weighted by Crippen LogP contribution is -2.61. The van der Waals surface area contributed by atoms with E-state index in [1.165, 1.54) is 31.1 Å². The smallest absolute Gasteiger partial charge is 0.253 e. The van der Waals surface area contributed by atoms with Crippen molar-refractivity contribution in [2.75, 3.05) is 6.54 Å². The van der Waals surface area contributed by atoms with Gasteiger partial charge in [0.15, 0.2) is 0 Å². The first-order chi connectivity index (χ1) is 26.2. The minimum absolute atomic E-state index is 0.00160. The zero-order valence-corrected chi connectivity index (χ0v) is 31.6. The molecule has 16 heteroatoms. The van der Waals surface area contributed by atoms with Crippen LogP contribution in [-0.4, -0.2) is 111 Å². The zero-order chi connectivity index (χ0) is 39.8. The van der Waals surface area contributed by atoms with E-state index in [1.54, 1.807) is 42.5 Å². The normalized spacial score (nSPS) is 28.9. The van der Waals surface area contributed by atoms with Crippen LogP contribution in [0.25, 0.3) is 0 Å². The number of hydrogen-bond acceptors (Lipinski definition) is 9. The number of carbonyl (C=O) groups excluding carboxylic acids is 7. The van der Waals surface area contributed by atoms with Gasteiger partial charge in [-0.3, -0.25) is 38.5 Å². The summed E-state index contributed by atoms with van der Waals surface area (Å²) in [5.41, 5.74) is 0.955. The van der Waals surface area contributed by atoms with E-state index in [0.717, 1.165) is 0 Å². The van der Waals surface area contributed by atoms with E-state index in [1.807, 2.05) is 13.8 Å². The van der Waals surface area contributed by atoms with Crippen molar-refractivity contribution in [3.8, 4) is 0 Å². The van der Waals surface area contributed by atoms with Crippen LogP contribution in [0.5, 0.6) is 0 Å². The highest BCUT2D eigenvalue weighted by Gasteiger charge is 2.44. The summed E-state index contributed by atoms with van der Waals surface area (Å²) in [6.45, 7) is 6.48. The molecule has 0 radical (unpaired) electrons. The summed E-state index contributed by atoms with van der Waals surface area (Å²) in [5.74, 6) is -4.98. The summed E-state index contributed by atoms with van der Waals surface area (Å²) in [7, 11) is 0. The second-order valence-corrected chi connectivity index (χ2v) is 15.2. The monoisotopic (exact) mass is 760 g/mol. The molecule has 3 heterocycles. The molecule has 2 saturated heterocycles. The Balaban J connectivity index is 1.51. The number of carbonyl (C=O) groups is 7. The molecule has 2 aliphatic heterocycles. The first-order valence-electron chi connectivity index (χ1n) is 19.0. The van der Waals surface area contributed by atoms with Crippen LogP contribution in [-0.2, 0) is 35.2 Å². The molecule has 3 fully saturated rings. The van der Waals surface area contributed by atoms with Gasteiger partial charge in [-0.1, -0.05) is 50.6 Å². The molecule has 1 aromatic carbocycles. The van der Waals surface area contributed by atoms with Gasteiger partial charge in [-0.05, 0) is 63.1 Å². The average molecular weight is 761 g/mol. The largest absolute Gasteiger partial charge is 0.391 e. The Labute approximate surface area is 320 Å². The van der Waals surface area contributed by atoms with Gasteiger partial charge < -0.3 is 41.9 Å². The molecule has 55 heavy (non-hydrogen) atoms. The SMILES string of the molecule is CC(C)C[C@@H]1NC(=O)[C@@H]2CCC[C@H]2NC(=O)[C@H](C)NC(=O)C2C[C@@H](NC(=O)c3cccnc3)CN2C(=O)[C@H](Cc2ccccc2)NC(=O)[C@H]([C@@H](C)O)NC1=O. The number of aliphatic hydroxyl groups excluding tert-OH is 1. The third-order valence-electron chi connectivity index (χ3n) is 10.4. The van der Waals surface area contributed by atoms with Crippen molar-refractivity contribution in [1.82, 2.24) is 41.8 Å². The number of rotatable bonds is 7. The maximum Gasteiger partial charge on any atom is 0.253 e. The molecular formula is C39H52N8O8. The van der Waals surface area contributed by atoms with E-state index in [2.05, 4.69) is 36.9 Å². The first kappa shape index (κ1) is 40.8. The predicted molar refractivity (Wildman–Crippen MR) is 200 cm³/mol. The van der Waals surface area contributed by atoms with Crippen LogP contribution in [0.2, 0.25) is 0 Å². The summed E-state index contributed by atoms with van der Waals surface area (Å²) in [6, 6.07) is 4.69. The molecule has 16 nitrogen and oxygen atoms in total. The van der Waals surface area contributed by atoms with Gasteiger partial charge in [0, 0.05) is 37.4 Å². The molecule has 2 aromatic rings. The average Bonchev–Trinajstić information content (AvgIpc) is 3.80. The molecule has 1 aromatic heterocycles. The minimum atomic E-state index is -1.52. The van der Waals surface area contributed by atoms with Crippen molar-refractivity contribution in [3.05, 3.63) is 66.0 Å². The van der Waals surface area contributed by atoms with Crippen molar-refractivity contribution in [2.45, 2.75) is 115 Å². The van der Waals surface area contributed by atoms with Gasteiger partial charge in [-0.25, -0.2) is 0 Å². The van der Waals surface area contributed by atoms with Gasteiger partial charge >= 0.3 is 0 Å². The predicted octanol–water partition coefficient (Wildman–Crippen LogP) is -0.292. The first-order valence-corrected chi connectivity index (χ1v) is 19.0. The van der Waals surface area contributed by atoms with Gasteiger partial charge in [0.25, 0.3) is 5.91 Å². The van der Waals surface area contributed by atoms with E-state index >= 15 is 0 Å². The van der Waals surface area contributed by atoms with Gasteiger partial charge in [-0.15, -0.1) is 0 Å². The Hall–Kier alpha value is -5.38. The van der Waals surface area contributed by atoms with Gasteiger partial charge in [0.1, 0.15) is 30.2 Å². The van der Waals surface area contributed by atoms with E-state index < -0.39 is 95.7 Å². The lowest BCUT2D eigenvalue weighted by Gasteiger charge is -2.31. The molecular weight excluding hydrogens is 708 g/mol. The summed E-state index contributed by atoms with van der Waals surface area (Å²) in [5, 5.41) is 27.4. The lowest BCUT2D eigenvalue weighted by molar-refractivity contribution is -0.143. The Morgan fingerprint density at radius 2 is 1.58 bits per heavy atom. The van der Waals surface area contributed by atoms with E-state index in [0.29, 0.717) is 24.8 Å². The maximum absolute atomic E-state index is 14.6. The maximum atomic E-state index is 14.6. The number of nitrogens with zero attached hydrogens (tertiary/aromatic N) is 2. The fourth-order valence-corrected chi connectivity index (χ4v) is 7.48. The Bertz CT molecular complexity index is 1720. The third-order valence-corrected chi connectivity index (χ3v) is 10.4. The van der Waals surface area contributed by atoms with E-state index in [-0.39, 0.29) is 37.3 Å². The number of amides is 7. The van der Waals surface area contributed by atoms with Gasteiger partial charge in [0.2, 0.25) is 35.4 Å². The summed E-state index contributed by atoms with van der Waals surface area (Å²) in [4.78, 5) is 102. The van der Waals surface area contributed by atoms with Crippen molar-refractivity contribution in [1.29, 1.82) is 0 Å². The molecule has 7 amide bonds. The summed E-state index contributed by atoms with van der Waals surface area (Å²) >= 11 is 0. The molecule has 1 unspecified atom stereocenters. The molecule has 296 valence electrons. The molecule has 1 aliphatic carbocycles. The second kappa shape index (κ2) is 18.3. The Kier molecular flexibility index (Phi) is 13.6. The molecule has 0 spiro atoms. The topological polar surface area (TPSA) is 228 Å². The van der Waals surface area contributed by atoms with Crippen LogP contribution in [0, 0.1) is 11.8 Å². The third kappa shape index (κ3) is 10.4. The van der Waals surface area contributed by atoms with Crippen LogP contribution in [0.1, 0.15) is 75.7 Å². The highest BCUT2D eigenvalue weighted by Crippen LogP contribution is 2.27. The number of aromatic nitrogens is 1. The van der Waals surface area contributed by atoms with Crippen LogP contribution < -0.4 is 31.9 Å². The molecule has 3 aliphatic rings. The Morgan fingerprint density at radius 1 is 0.855 bits per heavy atom.